The molecule has 0 aliphatic heterocycles. The third-order valence-corrected chi connectivity index (χ3v) is 4.35. The van der Waals surface area contributed by atoms with Gasteiger partial charge in [-0.25, -0.2) is 9.67 Å². The fraction of sp³-hybridized carbons (Fsp3) is 0.333. The van der Waals surface area contributed by atoms with Crippen LogP contribution in [0, 0.1) is 0 Å². The van der Waals surface area contributed by atoms with E-state index in [0.29, 0.717) is 0 Å². The Kier molecular flexibility index (Phi) is 3.01. The molecule has 0 radical (unpaired) electrons. The van der Waals surface area contributed by atoms with Crippen LogP contribution in [0.1, 0.15) is 24.0 Å². The molecule has 5 heteroatoms. The minimum absolute atomic E-state index is 0.729. The van der Waals surface area contributed by atoms with Crippen LogP contribution in [0.4, 0.5) is 0 Å². The maximum absolute atomic E-state index is 4.58. The van der Waals surface area contributed by atoms with E-state index in [1.807, 2.05) is 17.1 Å². The standard InChI is InChI=1S/C15H16N4S/c1-2-14(1)16-6-12-5-13-8-18-19(15(13)17-7-12)9-11-3-4-20-10-11/h3-5,7-8,10,14,16H,1-2,6,9H2. The fourth-order valence-corrected chi connectivity index (χ4v) is 2.99. The smallest absolute Gasteiger partial charge is 0.158 e. The first-order valence-electron chi connectivity index (χ1n) is 6.93. The number of nitrogens with zero attached hydrogens (tertiary/aromatic N) is 3. The van der Waals surface area contributed by atoms with Crippen LogP contribution in [0.25, 0.3) is 11.0 Å². The molecule has 1 aliphatic rings. The van der Waals surface area contributed by atoms with Crippen LogP contribution < -0.4 is 5.32 Å². The molecule has 1 N–H and O–H groups in total. The lowest BCUT2D eigenvalue weighted by Gasteiger charge is -2.04. The third-order valence-electron chi connectivity index (χ3n) is 3.62. The van der Waals surface area contributed by atoms with Gasteiger partial charge >= 0.3 is 0 Å². The van der Waals surface area contributed by atoms with Crippen molar-refractivity contribution in [1.82, 2.24) is 20.1 Å². The molecule has 0 atom stereocenters. The van der Waals surface area contributed by atoms with Gasteiger partial charge in [0.2, 0.25) is 0 Å². The highest BCUT2D eigenvalue weighted by molar-refractivity contribution is 7.07. The van der Waals surface area contributed by atoms with Gasteiger partial charge in [-0.05, 0) is 46.9 Å². The molecular formula is C15H16N4S. The summed E-state index contributed by atoms with van der Waals surface area (Å²) in [5.74, 6) is 0. The summed E-state index contributed by atoms with van der Waals surface area (Å²) in [4.78, 5) is 4.58. The Bertz CT molecular complexity index is 713. The maximum Gasteiger partial charge on any atom is 0.158 e. The van der Waals surface area contributed by atoms with Crippen LogP contribution in [0.2, 0.25) is 0 Å². The predicted octanol–water partition coefficient (Wildman–Crippen LogP) is 2.79. The van der Waals surface area contributed by atoms with E-state index in [4.69, 9.17) is 0 Å². The molecule has 1 fully saturated rings. The van der Waals surface area contributed by atoms with E-state index < -0.39 is 0 Å². The highest BCUT2D eigenvalue weighted by Gasteiger charge is 2.20. The predicted molar refractivity (Wildman–Crippen MR) is 80.8 cm³/mol. The Morgan fingerprint density at radius 1 is 1.30 bits per heavy atom. The molecule has 0 unspecified atom stereocenters. The van der Waals surface area contributed by atoms with Gasteiger partial charge in [0.05, 0.1) is 12.7 Å². The average molecular weight is 284 g/mol. The molecule has 0 saturated heterocycles. The van der Waals surface area contributed by atoms with Crippen LogP contribution in [0.5, 0.6) is 0 Å². The van der Waals surface area contributed by atoms with E-state index in [0.717, 1.165) is 30.2 Å². The van der Waals surface area contributed by atoms with Gasteiger partial charge in [-0.15, -0.1) is 0 Å². The van der Waals surface area contributed by atoms with Gasteiger partial charge < -0.3 is 5.32 Å². The normalized spacial score (nSPS) is 15.0. The number of thiophene rings is 1. The summed E-state index contributed by atoms with van der Waals surface area (Å²) >= 11 is 1.71. The van der Waals surface area contributed by atoms with E-state index in [2.05, 4.69) is 38.3 Å². The number of aromatic nitrogens is 3. The first-order valence-corrected chi connectivity index (χ1v) is 7.88. The second kappa shape index (κ2) is 5.00. The number of rotatable bonds is 5. The van der Waals surface area contributed by atoms with E-state index in [-0.39, 0.29) is 0 Å². The Morgan fingerprint density at radius 3 is 3.05 bits per heavy atom. The first-order chi connectivity index (χ1) is 9.88. The minimum Gasteiger partial charge on any atom is -0.310 e. The number of fused-ring (bicyclic) bond motifs is 1. The Morgan fingerprint density at radius 2 is 2.25 bits per heavy atom. The van der Waals surface area contributed by atoms with Gasteiger partial charge in [0.15, 0.2) is 5.65 Å². The van der Waals surface area contributed by atoms with Crippen LogP contribution in [0.15, 0.2) is 35.3 Å². The van der Waals surface area contributed by atoms with Gasteiger partial charge in [-0.2, -0.15) is 16.4 Å². The maximum atomic E-state index is 4.58. The van der Waals surface area contributed by atoms with Crippen molar-refractivity contribution in [2.24, 2.45) is 0 Å². The van der Waals surface area contributed by atoms with Crippen molar-refractivity contribution in [1.29, 1.82) is 0 Å². The SMILES string of the molecule is c1cc(Cn2ncc3cc(CNC4CC4)cnc32)cs1. The second-order valence-electron chi connectivity index (χ2n) is 5.35. The van der Waals surface area contributed by atoms with Crippen molar-refractivity contribution in [3.05, 3.63) is 46.4 Å². The summed E-state index contributed by atoms with van der Waals surface area (Å²) in [6.45, 7) is 1.70. The highest BCUT2D eigenvalue weighted by atomic mass is 32.1. The van der Waals surface area contributed by atoms with Crippen LogP contribution >= 0.6 is 11.3 Å². The summed E-state index contributed by atoms with van der Waals surface area (Å²) in [5, 5.41) is 13.3. The van der Waals surface area contributed by atoms with Gasteiger partial charge in [0.1, 0.15) is 0 Å². The monoisotopic (exact) mass is 284 g/mol. The summed E-state index contributed by atoms with van der Waals surface area (Å²) in [7, 11) is 0. The van der Waals surface area contributed by atoms with Crippen molar-refractivity contribution in [3.8, 4) is 0 Å². The first kappa shape index (κ1) is 12.1. The molecule has 1 saturated carbocycles. The van der Waals surface area contributed by atoms with Gasteiger partial charge in [0.25, 0.3) is 0 Å². The van der Waals surface area contributed by atoms with Crippen molar-refractivity contribution in [2.75, 3.05) is 0 Å². The van der Waals surface area contributed by atoms with Crippen molar-refractivity contribution < 1.29 is 0 Å². The highest BCUT2D eigenvalue weighted by Crippen LogP contribution is 2.20. The molecule has 3 heterocycles. The van der Waals surface area contributed by atoms with Crippen molar-refractivity contribution in [3.63, 3.8) is 0 Å². The average Bonchev–Trinajstić information content (AvgIpc) is 3.00. The number of pyridine rings is 1. The molecule has 4 rings (SSSR count). The largest absolute Gasteiger partial charge is 0.310 e. The summed E-state index contributed by atoms with van der Waals surface area (Å²) in [6, 6.07) is 5.05. The zero-order valence-corrected chi connectivity index (χ0v) is 11.9. The van der Waals surface area contributed by atoms with E-state index in [1.165, 1.54) is 24.0 Å². The molecular weight excluding hydrogens is 268 g/mol. The van der Waals surface area contributed by atoms with E-state index in [9.17, 15) is 0 Å². The molecule has 102 valence electrons. The number of hydrogen-bond acceptors (Lipinski definition) is 4. The van der Waals surface area contributed by atoms with E-state index in [1.54, 1.807) is 11.3 Å². The summed E-state index contributed by atoms with van der Waals surface area (Å²) < 4.78 is 1.97. The van der Waals surface area contributed by atoms with Gasteiger partial charge in [0, 0.05) is 24.2 Å². The Hall–Kier alpha value is -1.72. The summed E-state index contributed by atoms with van der Waals surface area (Å²) in [5.41, 5.74) is 3.48. The quantitative estimate of drug-likeness (QED) is 0.783. The van der Waals surface area contributed by atoms with Crippen molar-refractivity contribution >= 4 is 22.4 Å². The lowest BCUT2D eigenvalue weighted by molar-refractivity contribution is 0.685. The van der Waals surface area contributed by atoms with Crippen LogP contribution in [-0.4, -0.2) is 20.8 Å². The van der Waals surface area contributed by atoms with Crippen molar-refractivity contribution in [2.45, 2.75) is 32.0 Å². The molecule has 0 aromatic carbocycles. The zero-order chi connectivity index (χ0) is 13.4. The summed E-state index contributed by atoms with van der Waals surface area (Å²) in [6.07, 6.45) is 6.50. The molecule has 3 aromatic rings. The minimum atomic E-state index is 0.729. The molecule has 1 aliphatic carbocycles. The second-order valence-corrected chi connectivity index (χ2v) is 6.13. The molecule has 0 spiro atoms. The Balaban J connectivity index is 1.57. The molecule has 20 heavy (non-hydrogen) atoms. The van der Waals surface area contributed by atoms with Gasteiger partial charge in [-0.1, -0.05) is 0 Å². The van der Waals surface area contributed by atoms with Gasteiger partial charge in [-0.3, -0.25) is 0 Å². The molecule has 3 aromatic heterocycles. The van der Waals surface area contributed by atoms with E-state index >= 15 is 0 Å². The lowest BCUT2D eigenvalue weighted by atomic mass is 10.2. The zero-order valence-electron chi connectivity index (χ0n) is 11.1. The molecule has 0 bridgehead atoms. The topological polar surface area (TPSA) is 42.7 Å². The fourth-order valence-electron chi connectivity index (χ4n) is 2.33. The molecule has 0 amide bonds. The van der Waals surface area contributed by atoms with Crippen LogP contribution in [-0.2, 0) is 13.1 Å². The third kappa shape index (κ3) is 2.46. The van der Waals surface area contributed by atoms with Crippen LogP contribution in [0.3, 0.4) is 0 Å². The lowest BCUT2D eigenvalue weighted by Crippen LogP contribution is -2.15. The number of hydrogen-bond donors (Lipinski definition) is 1. The number of nitrogens with one attached hydrogen (secondary N) is 1. The molecule has 4 nitrogen and oxygen atoms in total. The Labute approximate surface area is 121 Å².